The highest BCUT2D eigenvalue weighted by Crippen LogP contribution is 2.28. The molecule has 0 aromatic rings. The van der Waals surface area contributed by atoms with Gasteiger partial charge in [-0.05, 0) is 57.0 Å². The van der Waals surface area contributed by atoms with Crippen LogP contribution in [0.3, 0.4) is 0 Å². The van der Waals surface area contributed by atoms with Gasteiger partial charge in [0, 0.05) is 19.8 Å². The van der Waals surface area contributed by atoms with E-state index in [4.69, 9.17) is 4.74 Å². The summed E-state index contributed by atoms with van der Waals surface area (Å²) in [4.78, 5) is 14.0. The molecular formula is C15H28N2O2. The Morgan fingerprint density at radius 1 is 1.26 bits per heavy atom. The van der Waals surface area contributed by atoms with Crippen LogP contribution < -0.4 is 5.32 Å². The topological polar surface area (TPSA) is 41.6 Å². The summed E-state index contributed by atoms with van der Waals surface area (Å²) in [6.07, 6.45) is 6.05. The third-order valence-electron chi connectivity index (χ3n) is 4.08. The molecule has 0 radical (unpaired) electrons. The number of ether oxygens (including phenoxy) is 1. The van der Waals surface area contributed by atoms with Crippen LogP contribution in [-0.4, -0.2) is 50.2 Å². The van der Waals surface area contributed by atoms with E-state index in [-0.39, 0.29) is 5.91 Å². The average Bonchev–Trinajstić information content (AvgIpc) is 3.20. The molecule has 19 heavy (non-hydrogen) atoms. The van der Waals surface area contributed by atoms with Crippen LogP contribution in [0.15, 0.2) is 0 Å². The van der Waals surface area contributed by atoms with Crippen molar-refractivity contribution >= 4 is 5.91 Å². The van der Waals surface area contributed by atoms with Crippen LogP contribution in [0.2, 0.25) is 0 Å². The molecule has 4 heteroatoms. The Balaban J connectivity index is 1.42. The Bertz CT molecular complexity index is 271. The maximum absolute atomic E-state index is 11.8. The molecule has 0 unspecified atom stereocenters. The fourth-order valence-electron chi connectivity index (χ4n) is 2.42. The van der Waals surface area contributed by atoms with Crippen LogP contribution in [0.4, 0.5) is 0 Å². The summed E-state index contributed by atoms with van der Waals surface area (Å²) >= 11 is 0. The molecule has 0 aromatic heterocycles. The lowest BCUT2D eigenvalue weighted by molar-refractivity contribution is -0.122. The second kappa shape index (κ2) is 7.85. The molecule has 4 nitrogen and oxygen atoms in total. The van der Waals surface area contributed by atoms with Crippen molar-refractivity contribution in [2.24, 2.45) is 11.8 Å². The molecule has 0 bridgehead atoms. The van der Waals surface area contributed by atoms with E-state index in [0.717, 1.165) is 51.1 Å². The van der Waals surface area contributed by atoms with E-state index in [2.05, 4.69) is 17.1 Å². The number of nitrogens with one attached hydrogen (secondary N) is 1. The second-order valence-corrected chi connectivity index (χ2v) is 6.18. The first-order valence-corrected chi connectivity index (χ1v) is 7.81. The van der Waals surface area contributed by atoms with Gasteiger partial charge in [-0.25, -0.2) is 0 Å². The van der Waals surface area contributed by atoms with Gasteiger partial charge >= 0.3 is 0 Å². The minimum Gasteiger partial charge on any atom is -0.381 e. The standard InChI is InChI=1S/C15H28N2O2/c1-13-5-8-17(9-6-13)11-15(18)16-7-2-10-19-12-14-3-4-14/h13-14H,2-12H2,1H3,(H,16,18). The first-order valence-electron chi connectivity index (χ1n) is 7.81. The van der Waals surface area contributed by atoms with Crippen molar-refractivity contribution in [1.29, 1.82) is 0 Å². The molecular weight excluding hydrogens is 240 g/mol. The van der Waals surface area contributed by atoms with Gasteiger partial charge in [0.2, 0.25) is 5.91 Å². The van der Waals surface area contributed by atoms with E-state index in [1.165, 1.54) is 25.7 Å². The molecule has 2 fully saturated rings. The van der Waals surface area contributed by atoms with E-state index in [0.29, 0.717) is 6.54 Å². The van der Waals surface area contributed by atoms with Gasteiger partial charge in [0.05, 0.1) is 6.54 Å². The fourth-order valence-corrected chi connectivity index (χ4v) is 2.42. The summed E-state index contributed by atoms with van der Waals surface area (Å²) < 4.78 is 5.54. The summed E-state index contributed by atoms with van der Waals surface area (Å²) in [5.41, 5.74) is 0. The molecule has 1 N–H and O–H groups in total. The van der Waals surface area contributed by atoms with Crippen molar-refractivity contribution in [2.45, 2.75) is 39.0 Å². The van der Waals surface area contributed by atoms with E-state index in [1.807, 2.05) is 0 Å². The van der Waals surface area contributed by atoms with Gasteiger partial charge in [0.15, 0.2) is 0 Å². The second-order valence-electron chi connectivity index (χ2n) is 6.18. The van der Waals surface area contributed by atoms with E-state index in [9.17, 15) is 4.79 Å². The van der Waals surface area contributed by atoms with Crippen LogP contribution in [0, 0.1) is 11.8 Å². The fraction of sp³-hybridized carbons (Fsp3) is 0.933. The molecule has 1 heterocycles. The van der Waals surface area contributed by atoms with Crippen molar-refractivity contribution in [3.63, 3.8) is 0 Å². The van der Waals surface area contributed by atoms with E-state index in [1.54, 1.807) is 0 Å². The highest BCUT2D eigenvalue weighted by atomic mass is 16.5. The van der Waals surface area contributed by atoms with Gasteiger partial charge in [-0.1, -0.05) is 6.92 Å². The zero-order valence-electron chi connectivity index (χ0n) is 12.2. The van der Waals surface area contributed by atoms with Crippen LogP contribution in [0.25, 0.3) is 0 Å². The third kappa shape index (κ3) is 6.39. The van der Waals surface area contributed by atoms with E-state index >= 15 is 0 Å². The van der Waals surface area contributed by atoms with Gasteiger partial charge in [-0.3, -0.25) is 9.69 Å². The van der Waals surface area contributed by atoms with Crippen molar-refractivity contribution in [2.75, 3.05) is 39.4 Å². The Kier molecular flexibility index (Phi) is 6.11. The monoisotopic (exact) mass is 268 g/mol. The van der Waals surface area contributed by atoms with Gasteiger partial charge in [-0.15, -0.1) is 0 Å². The Labute approximate surface area is 116 Å². The minimum atomic E-state index is 0.164. The third-order valence-corrected chi connectivity index (χ3v) is 4.08. The van der Waals surface area contributed by atoms with Crippen molar-refractivity contribution < 1.29 is 9.53 Å². The number of amides is 1. The first kappa shape index (κ1) is 14.8. The number of hydrogen-bond donors (Lipinski definition) is 1. The van der Waals surface area contributed by atoms with Crippen molar-refractivity contribution in [3.05, 3.63) is 0 Å². The molecule has 0 aromatic carbocycles. The predicted molar refractivity (Wildman–Crippen MR) is 76.0 cm³/mol. The van der Waals surface area contributed by atoms with Crippen LogP contribution in [0.1, 0.15) is 39.0 Å². The smallest absolute Gasteiger partial charge is 0.234 e. The lowest BCUT2D eigenvalue weighted by Gasteiger charge is -2.29. The first-order chi connectivity index (χ1) is 9.24. The molecule has 2 aliphatic rings. The quantitative estimate of drug-likeness (QED) is 0.681. The summed E-state index contributed by atoms with van der Waals surface area (Å²) in [7, 11) is 0. The maximum atomic E-state index is 11.8. The summed E-state index contributed by atoms with van der Waals surface area (Å²) in [6, 6.07) is 0. The number of carbonyl (C=O) groups is 1. The number of rotatable bonds is 8. The maximum Gasteiger partial charge on any atom is 0.234 e. The van der Waals surface area contributed by atoms with E-state index < -0.39 is 0 Å². The normalized spacial score (nSPS) is 21.5. The molecule has 1 saturated carbocycles. The van der Waals surface area contributed by atoms with Crippen molar-refractivity contribution in [3.8, 4) is 0 Å². The van der Waals surface area contributed by atoms with Gasteiger partial charge in [-0.2, -0.15) is 0 Å². The Morgan fingerprint density at radius 2 is 2.00 bits per heavy atom. The molecule has 0 atom stereocenters. The lowest BCUT2D eigenvalue weighted by Crippen LogP contribution is -2.41. The molecule has 1 amide bonds. The van der Waals surface area contributed by atoms with Crippen LogP contribution in [0.5, 0.6) is 0 Å². The molecule has 1 saturated heterocycles. The van der Waals surface area contributed by atoms with Gasteiger partial charge < -0.3 is 10.1 Å². The van der Waals surface area contributed by atoms with Crippen molar-refractivity contribution in [1.82, 2.24) is 10.2 Å². The summed E-state index contributed by atoms with van der Waals surface area (Å²) in [5.74, 6) is 1.82. The number of nitrogens with zero attached hydrogens (tertiary/aromatic N) is 1. The zero-order chi connectivity index (χ0) is 13.5. The Morgan fingerprint density at radius 3 is 2.68 bits per heavy atom. The number of likely N-dealkylation sites (tertiary alicyclic amines) is 1. The Hall–Kier alpha value is -0.610. The summed E-state index contributed by atoms with van der Waals surface area (Å²) in [6.45, 7) is 7.43. The average molecular weight is 268 g/mol. The van der Waals surface area contributed by atoms with Crippen LogP contribution >= 0.6 is 0 Å². The predicted octanol–water partition coefficient (Wildman–Crippen LogP) is 1.65. The molecule has 110 valence electrons. The lowest BCUT2D eigenvalue weighted by atomic mass is 9.99. The zero-order valence-corrected chi connectivity index (χ0v) is 12.2. The number of carbonyl (C=O) groups excluding carboxylic acids is 1. The van der Waals surface area contributed by atoms with Gasteiger partial charge in [0.25, 0.3) is 0 Å². The minimum absolute atomic E-state index is 0.164. The SMILES string of the molecule is CC1CCN(CC(=O)NCCCOCC2CC2)CC1. The molecule has 0 spiro atoms. The summed E-state index contributed by atoms with van der Waals surface area (Å²) in [5, 5.41) is 2.98. The highest BCUT2D eigenvalue weighted by molar-refractivity contribution is 5.77. The number of piperidine rings is 1. The molecule has 2 rings (SSSR count). The largest absolute Gasteiger partial charge is 0.381 e. The van der Waals surface area contributed by atoms with Crippen LogP contribution in [-0.2, 0) is 9.53 Å². The highest BCUT2D eigenvalue weighted by Gasteiger charge is 2.21. The van der Waals surface area contributed by atoms with Gasteiger partial charge in [0.1, 0.15) is 0 Å². The molecule has 1 aliphatic heterocycles. The number of hydrogen-bond acceptors (Lipinski definition) is 3. The molecule has 1 aliphatic carbocycles.